The highest BCUT2D eigenvalue weighted by atomic mass is 32.2. The van der Waals surface area contributed by atoms with Gasteiger partial charge in [-0.05, 0) is 42.3 Å². The number of carbonyl (C=O) groups excluding carboxylic acids is 2. The van der Waals surface area contributed by atoms with E-state index in [0.717, 1.165) is 11.3 Å². The van der Waals surface area contributed by atoms with Gasteiger partial charge in [0, 0.05) is 24.2 Å². The molecule has 1 aliphatic heterocycles. The lowest BCUT2D eigenvalue weighted by Crippen LogP contribution is -2.19. The summed E-state index contributed by atoms with van der Waals surface area (Å²) >= 11 is 1.33. The molecule has 2 aromatic heterocycles. The molecule has 1 amide bonds. The molecule has 1 aliphatic rings. The molecule has 3 heterocycles. The highest BCUT2D eigenvalue weighted by molar-refractivity contribution is 7.99. The average molecular weight is 394 g/mol. The monoisotopic (exact) mass is 394 g/mol. The number of nitrogens with one attached hydrogen (secondary N) is 1. The second-order valence-corrected chi connectivity index (χ2v) is 7.26. The normalized spacial score (nSPS) is 13.1. The number of carbonyl (C=O) groups is 2. The van der Waals surface area contributed by atoms with Gasteiger partial charge in [-0.25, -0.2) is 0 Å². The topological polar surface area (TPSA) is 90.0 Å². The van der Waals surface area contributed by atoms with E-state index in [1.54, 1.807) is 30.5 Å². The Morgan fingerprint density at radius 1 is 1.32 bits per heavy atom. The Kier molecular flexibility index (Phi) is 5.12. The molecule has 28 heavy (non-hydrogen) atoms. The predicted octanol–water partition coefficient (Wildman–Crippen LogP) is 3.58. The molecule has 4 rings (SSSR count). The number of benzene rings is 1. The third kappa shape index (κ3) is 3.63. The van der Waals surface area contributed by atoms with Crippen molar-refractivity contribution < 1.29 is 14.0 Å². The number of aryl methyl sites for hydroxylation is 1. The highest BCUT2D eigenvalue weighted by Gasteiger charge is 2.19. The first-order valence-corrected chi connectivity index (χ1v) is 9.81. The quantitative estimate of drug-likeness (QED) is 0.374. The van der Waals surface area contributed by atoms with Gasteiger partial charge in [-0.1, -0.05) is 17.8 Å². The van der Waals surface area contributed by atoms with E-state index in [2.05, 4.69) is 22.1 Å². The number of rotatable bonds is 7. The standard InChI is InChI=1S/C20H18N4O3S/c1-2-9-24-19(17-4-3-10-27-17)22-23-20(24)28-12-16(25)14-5-7-15-13(11-14)6-8-18(26)21-15/h2-5,7,10-11H,1,6,8-9,12H2,(H,21,26). The fourth-order valence-electron chi connectivity index (χ4n) is 3.05. The lowest BCUT2D eigenvalue weighted by Gasteiger charge is -2.17. The molecule has 1 N–H and O–H groups in total. The van der Waals surface area contributed by atoms with Gasteiger partial charge in [-0.15, -0.1) is 16.8 Å². The van der Waals surface area contributed by atoms with Crippen LogP contribution in [0, 0.1) is 0 Å². The molecule has 0 unspecified atom stereocenters. The molecule has 0 bridgehead atoms. The van der Waals surface area contributed by atoms with Crippen LogP contribution in [-0.2, 0) is 17.8 Å². The Bertz CT molecular complexity index is 1040. The Balaban J connectivity index is 1.49. The summed E-state index contributed by atoms with van der Waals surface area (Å²) in [7, 11) is 0. The Morgan fingerprint density at radius 3 is 3.00 bits per heavy atom. The van der Waals surface area contributed by atoms with E-state index in [1.807, 2.05) is 16.7 Å². The number of aromatic nitrogens is 3. The molecule has 8 heteroatoms. The molecule has 0 spiro atoms. The number of hydrogen-bond acceptors (Lipinski definition) is 6. The van der Waals surface area contributed by atoms with Crippen LogP contribution in [0.1, 0.15) is 22.3 Å². The summed E-state index contributed by atoms with van der Waals surface area (Å²) in [4.78, 5) is 24.1. The molecule has 0 fully saturated rings. The molecule has 142 valence electrons. The second kappa shape index (κ2) is 7.85. The van der Waals surface area contributed by atoms with Gasteiger partial charge in [0.15, 0.2) is 16.7 Å². The molecule has 3 aromatic rings. The number of hydrogen-bond donors (Lipinski definition) is 1. The van der Waals surface area contributed by atoms with Crippen LogP contribution in [0.15, 0.2) is 58.8 Å². The van der Waals surface area contributed by atoms with E-state index in [-0.39, 0.29) is 17.4 Å². The van der Waals surface area contributed by atoms with Gasteiger partial charge in [-0.3, -0.25) is 14.2 Å². The minimum atomic E-state index is -0.00241. The fraction of sp³-hybridized carbons (Fsp3) is 0.200. The Hall–Kier alpha value is -3.13. The molecule has 0 saturated carbocycles. The molecular formula is C20H18N4O3S. The smallest absolute Gasteiger partial charge is 0.224 e. The predicted molar refractivity (Wildman–Crippen MR) is 106 cm³/mol. The zero-order chi connectivity index (χ0) is 19.5. The summed E-state index contributed by atoms with van der Waals surface area (Å²) < 4.78 is 7.28. The van der Waals surface area contributed by atoms with Gasteiger partial charge in [0.05, 0.1) is 12.0 Å². The van der Waals surface area contributed by atoms with Crippen molar-refractivity contribution in [1.29, 1.82) is 0 Å². The first-order chi connectivity index (χ1) is 13.7. The number of anilines is 1. The molecule has 7 nitrogen and oxygen atoms in total. The number of ketones is 1. The van der Waals surface area contributed by atoms with Crippen molar-refractivity contribution in [3.63, 3.8) is 0 Å². The lowest BCUT2D eigenvalue weighted by molar-refractivity contribution is -0.116. The van der Waals surface area contributed by atoms with Crippen LogP contribution in [-0.4, -0.2) is 32.2 Å². The van der Waals surface area contributed by atoms with Crippen molar-refractivity contribution in [1.82, 2.24) is 14.8 Å². The molecule has 0 aliphatic carbocycles. The summed E-state index contributed by atoms with van der Waals surface area (Å²) in [5.74, 6) is 1.46. The summed E-state index contributed by atoms with van der Waals surface area (Å²) in [5, 5.41) is 11.9. The van der Waals surface area contributed by atoms with Crippen LogP contribution in [0.25, 0.3) is 11.6 Å². The molecule has 0 radical (unpaired) electrons. The first-order valence-electron chi connectivity index (χ1n) is 8.82. The largest absolute Gasteiger partial charge is 0.461 e. The Labute approximate surface area is 165 Å². The third-order valence-electron chi connectivity index (χ3n) is 4.43. The number of furan rings is 1. The van der Waals surface area contributed by atoms with Crippen molar-refractivity contribution in [2.45, 2.75) is 24.5 Å². The minimum absolute atomic E-state index is 0.00241. The van der Waals surface area contributed by atoms with E-state index in [0.29, 0.717) is 41.7 Å². The van der Waals surface area contributed by atoms with Crippen LogP contribution < -0.4 is 5.32 Å². The average Bonchev–Trinajstić information content (AvgIpc) is 3.36. The number of allylic oxidation sites excluding steroid dienone is 1. The second-order valence-electron chi connectivity index (χ2n) is 6.31. The van der Waals surface area contributed by atoms with Crippen molar-refractivity contribution >= 4 is 29.1 Å². The lowest BCUT2D eigenvalue weighted by atomic mass is 9.99. The van der Waals surface area contributed by atoms with Gasteiger partial charge in [0.1, 0.15) is 0 Å². The molecule has 0 atom stereocenters. The van der Waals surface area contributed by atoms with Crippen molar-refractivity contribution in [3.8, 4) is 11.6 Å². The van der Waals surface area contributed by atoms with E-state index < -0.39 is 0 Å². The molecule has 0 saturated heterocycles. The van der Waals surface area contributed by atoms with Crippen LogP contribution in [0.3, 0.4) is 0 Å². The van der Waals surface area contributed by atoms with Gasteiger partial charge in [-0.2, -0.15) is 0 Å². The van der Waals surface area contributed by atoms with E-state index in [4.69, 9.17) is 4.42 Å². The van der Waals surface area contributed by atoms with Crippen molar-refractivity contribution in [2.24, 2.45) is 0 Å². The third-order valence-corrected chi connectivity index (χ3v) is 5.39. The maximum atomic E-state index is 12.7. The van der Waals surface area contributed by atoms with Crippen LogP contribution in [0.2, 0.25) is 0 Å². The number of nitrogens with zero attached hydrogens (tertiary/aromatic N) is 3. The summed E-state index contributed by atoms with van der Waals surface area (Å²) in [6.07, 6.45) is 4.42. The number of thioether (sulfide) groups is 1. The zero-order valence-electron chi connectivity index (χ0n) is 15.1. The zero-order valence-corrected chi connectivity index (χ0v) is 15.9. The van der Waals surface area contributed by atoms with Crippen molar-refractivity contribution in [3.05, 3.63) is 60.4 Å². The highest BCUT2D eigenvalue weighted by Crippen LogP contribution is 2.27. The van der Waals surface area contributed by atoms with E-state index in [9.17, 15) is 9.59 Å². The van der Waals surface area contributed by atoms with Crippen LogP contribution >= 0.6 is 11.8 Å². The maximum Gasteiger partial charge on any atom is 0.224 e. The maximum absolute atomic E-state index is 12.7. The Morgan fingerprint density at radius 2 is 2.21 bits per heavy atom. The number of amides is 1. The summed E-state index contributed by atoms with van der Waals surface area (Å²) in [6, 6.07) is 9.00. The molecular weight excluding hydrogens is 376 g/mol. The molecule has 1 aromatic carbocycles. The number of Topliss-reactive ketones (excluding diaryl/α,β-unsaturated/α-hetero) is 1. The van der Waals surface area contributed by atoms with E-state index >= 15 is 0 Å². The number of fused-ring (bicyclic) bond motifs is 1. The SMILES string of the molecule is C=CCn1c(SCC(=O)c2ccc3c(c2)CCC(=O)N3)nnc1-c1ccco1. The summed E-state index contributed by atoms with van der Waals surface area (Å²) in [6.45, 7) is 4.29. The van der Waals surface area contributed by atoms with Gasteiger partial charge in [0.2, 0.25) is 11.7 Å². The van der Waals surface area contributed by atoms with E-state index in [1.165, 1.54) is 11.8 Å². The van der Waals surface area contributed by atoms with Gasteiger partial charge in [0.25, 0.3) is 0 Å². The van der Waals surface area contributed by atoms with Gasteiger partial charge >= 0.3 is 0 Å². The first kappa shape index (κ1) is 18.2. The minimum Gasteiger partial charge on any atom is -0.461 e. The van der Waals surface area contributed by atoms with Gasteiger partial charge < -0.3 is 9.73 Å². The van der Waals surface area contributed by atoms with Crippen LogP contribution in [0.4, 0.5) is 5.69 Å². The summed E-state index contributed by atoms with van der Waals surface area (Å²) in [5.41, 5.74) is 2.41. The van der Waals surface area contributed by atoms with Crippen LogP contribution in [0.5, 0.6) is 0 Å². The van der Waals surface area contributed by atoms with Crippen molar-refractivity contribution in [2.75, 3.05) is 11.1 Å². The fourth-order valence-corrected chi connectivity index (χ4v) is 3.89.